The molecule has 2 N–H and O–H groups in total. The first kappa shape index (κ1) is 16.2. The second kappa shape index (κ2) is 6.07. The van der Waals surface area contributed by atoms with E-state index in [0.29, 0.717) is 12.0 Å². The number of carbonyl (C=O) groups excluding carboxylic acids is 1. The van der Waals surface area contributed by atoms with Crippen LogP contribution in [0, 0.1) is 19.8 Å². The van der Waals surface area contributed by atoms with Gasteiger partial charge in [0, 0.05) is 5.56 Å². The predicted molar refractivity (Wildman–Crippen MR) is 78.9 cm³/mol. The first-order valence-electron chi connectivity index (χ1n) is 6.78. The summed E-state index contributed by atoms with van der Waals surface area (Å²) in [4.78, 5) is 23.7. The van der Waals surface area contributed by atoms with Crippen molar-refractivity contribution in [2.45, 2.75) is 46.6 Å². The van der Waals surface area contributed by atoms with Gasteiger partial charge < -0.3 is 10.4 Å². The van der Waals surface area contributed by atoms with Crippen molar-refractivity contribution in [3.8, 4) is 0 Å². The van der Waals surface area contributed by atoms with Crippen molar-refractivity contribution in [2.24, 2.45) is 5.92 Å². The Morgan fingerprint density at radius 2 is 1.70 bits per heavy atom. The Bertz CT molecular complexity index is 502. The van der Waals surface area contributed by atoms with Crippen LogP contribution in [0.5, 0.6) is 0 Å². The maximum atomic E-state index is 12.3. The molecule has 0 aliphatic rings. The molecule has 0 saturated carbocycles. The molecule has 4 nitrogen and oxygen atoms in total. The summed E-state index contributed by atoms with van der Waals surface area (Å²) in [5, 5.41) is 12.0. The lowest BCUT2D eigenvalue weighted by Crippen LogP contribution is -2.53. The molecular formula is C16H23NO3. The van der Waals surface area contributed by atoms with Crippen molar-refractivity contribution in [3.05, 3.63) is 34.9 Å². The third-order valence-corrected chi connectivity index (χ3v) is 3.16. The SMILES string of the molecule is Cc1cc(C)cc(C(=O)N[C@](C)(CC(C)C)C(=O)O)c1. The molecule has 0 heterocycles. The highest BCUT2D eigenvalue weighted by atomic mass is 16.4. The number of carboxylic acids is 1. The highest BCUT2D eigenvalue weighted by molar-refractivity contribution is 5.98. The van der Waals surface area contributed by atoms with Gasteiger partial charge in [0.2, 0.25) is 0 Å². The Balaban J connectivity index is 2.99. The Hall–Kier alpha value is -1.84. The average molecular weight is 277 g/mol. The lowest BCUT2D eigenvalue weighted by molar-refractivity contribution is -0.144. The van der Waals surface area contributed by atoms with Gasteiger partial charge in [-0.25, -0.2) is 4.79 Å². The molecule has 1 rings (SSSR count). The average Bonchev–Trinajstić information content (AvgIpc) is 2.25. The molecule has 0 saturated heterocycles. The van der Waals surface area contributed by atoms with Gasteiger partial charge in [-0.05, 0) is 45.2 Å². The van der Waals surface area contributed by atoms with Crippen molar-refractivity contribution < 1.29 is 14.7 Å². The first-order chi connectivity index (χ1) is 9.14. The number of carbonyl (C=O) groups is 2. The number of aliphatic carboxylic acids is 1. The zero-order valence-corrected chi connectivity index (χ0v) is 12.8. The van der Waals surface area contributed by atoms with E-state index in [-0.39, 0.29) is 11.8 Å². The number of amides is 1. The molecular weight excluding hydrogens is 254 g/mol. The van der Waals surface area contributed by atoms with Crippen molar-refractivity contribution in [1.29, 1.82) is 0 Å². The minimum Gasteiger partial charge on any atom is -0.480 e. The zero-order chi connectivity index (χ0) is 15.5. The number of benzene rings is 1. The fourth-order valence-corrected chi connectivity index (χ4v) is 2.44. The van der Waals surface area contributed by atoms with Crippen LogP contribution in [0.4, 0.5) is 0 Å². The van der Waals surface area contributed by atoms with Crippen LogP contribution in [0.3, 0.4) is 0 Å². The topological polar surface area (TPSA) is 66.4 Å². The Morgan fingerprint density at radius 3 is 2.10 bits per heavy atom. The Labute approximate surface area is 120 Å². The summed E-state index contributed by atoms with van der Waals surface area (Å²) in [5.41, 5.74) is 1.22. The van der Waals surface area contributed by atoms with Crippen LogP contribution in [0.15, 0.2) is 18.2 Å². The summed E-state index contributed by atoms with van der Waals surface area (Å²) in [6.45, 7) is 9.24. The molecule has 0 radical (unpaired) electrons. The number of carboxylic acid groups (broad SMARTS) is 1. The summed E-state index contributed by atoms with van der Waals surface area (Å²) in [6, 6.07) is 5.50. The smallest absolute Gasteiger partial charge is 0.329 e. The molecule has 1 aromatic rings. The van der Waals surface area contributed by atoms with Crippen LogP contribution < -0.4 is 5.32 Å². The lowest BCUT2D eigenvalue weighted by Gasteiger charge is -2.28. The summed E-state index contributed by atoms with van der Waals surface area (Å²) in [6.07, 6.45) is 0.388. The maximum absolute atomic E-state index is 12.3. The van der Waals surface area contributed by atoms with E-state index in [1.807, 2.05) is 33.8 Å². The first-order valence-corrected chi connectivity index (χ1v) is 6.78. The molecule has 0 bridgehead atoms. The third kappa shape index (κ3) is 4.08. The number of hydrogen-bond acceptors (Lipinski definition) is 2. The van der Waals surface area contributed by atoms with Gasteiger partial charge in [0.1, 0.15) is 5.54 Å². The van der Waals surface area contributed by atoms with E-state index in [1.165, 1.54) is 0 Å². The molecule has 1 aromatic carbocycles. The minimum absolute atomic E-state index is 0.177. The summed E-state index contributed by atoms with van der Waals surface area (Å²) < 4.78 is 0. The largest absolute Gasteiger partial charge is 0.480 e. The van der Waals surface area contributed by atoms with Crippen molar-refractivity contribution in [1.82, 2.24) is 5.32 Å². The summed E-state index contributed by atoms with van der Waals surface area (Å²) >= 11 is 0. The lowest BCUT2D eigenvalue weighted by atomic mass is 9.90. The van der Waals surface area contributed by atoms with Crippen molar-refractivity contribution in [2.75, 3.05) is 0 Å². The quantitative estimate of drug-likeness (QED) is 0.869. The second-order valence-electron chi connectivity index (χ2n) is 6.07. The monoisotopic (exact) mass is 277 g/mol. The van der Waals surface area contributed by atoms with Gasteiger partial charge in [-0.15, -0.1) is 0 Å². The van der Waals surface area contributed by atoms with Gasteiger partial charge in [-0.2, -0.15) is 0 Å². The van der Waals surface area contributed by atoms with Gasteiger partial charge in [0.05, 0.1) is 0 Å². The molecule has 0 unspecified atom stereocenters. The maximum Gasteiger partial charge on any atom is 0.329 e. The van der Waals surface area contributed by atoms with E-state index in [9.17, 15) is 14.7 Å². The fraction of sp³-hybridized carbons (Fsp3) is 0.500. The van der Waals surface area contributed by atoms with Crippen LogP contribution in [0.1, 0.15) is 48.7 Å². The molecule has 4 heteroatoms. The van der Waals surface area contributed by atoms with Crippen LogP contribution in [-0.4, -0.2) is 22.5 Å². The predicted octanol–water partition coefficient (Wildman–Crippen LogP) is 2.92. The second-order valence-corrected chi connectivity index (χ2v) is 6.07. The summed E-state index contributed by atoms with van der Waals surface area (Å²) in [5.74, 6) is -1.18. The molecule has 0 aliphatic heterocycles. The number of nitrogens with one attached hydrogen (secondary N) is 1. The van der Waals surface area contributed by atoms with Crippen LogP contribution in [0.2, 0.25) is 0 Å². The van der Waals surface area contributed by atoms with E-state index in [0.717, 1.165) is 11.1 Å². The third-order valence-electron chi connectivity index (χ3n) is 3.16. The highest BCUT2D eigenvalue weighted by Gasteiger charge is 2.35. The van der Waals surface area contributed by atoms with E-state index in [2.05, 4.69) is 5.32 Å². The molecule has 0 aromatic heterocycles. The highest BCUT2D eigenvalue weighted by Crippen LogP contribution is 2.18. The van der Waals surface area contributed by atoms with Gasteiger partial charge in [0.25, 0.3) is 5.91 Å². The molecule has 0 aliphatic carbocycles. The van der Waals surface area contributed by atoms with Gasteiger partial charge in [-0.3, -0.25) is 4.79 Å². The molecule has 0 spiro atoms. The molecule has 0 fully saturated rings. The fourth-order valence-electron chi connectivity index (χ4n) is 2.44. The molecule has 20 heavy (non-hydrogen) atoms. The van der Waals surface area contributed by atoms with Gasteiger partial charge >= 0.3 is 5.97 Å². The normalized spacial score (nSPS) is 13.9. The van der Waals surface area contributed by atoms with Crippen LogP contribution in [-0.2, 0) is 4.79 Å². The zero-order valence-electron chi connectivity index (χ0n) is 12.8. The Morgan fingerprint density at radius 1 is 1.20 bits per heavy atom. The number of hydrogen-bond donors (Lipinski definition) is 2. The number of aryl methyl sites for hydroxylation is 2. The van der Waals surface area contributed by atoms with Crippen LogP contribution >= 0.6 is 0 Å². The van der Waals surface area contributed by atoms with Crippen molar-refractivity contribution >= 4 is 11.9 Å². The summed E-state index contributed by atoms with van der Waals surface area (Å²) in [7, 11) is 0. The van der Waals surface area contributed by atoms with E-state index in [4.69, 9.17) is 0 Å². The van der Waals surface area contributed by atoms with Gasteiger partial charge in [-0.1, -0.05) is 31.0 Å². The van der Waals surface area contributed by atoms with Crippen LogP contribution in [0.25, 0.3) is 0 Å². The minimum atomic E-state index is -1.25. The molecule has 110 valence electrons. The molecule has 1 atom stereocenters. The molecule has 1 amide bonds. The van der Waals surface area contributed by atoms with E-state index >= 15 is 0 Å². The van der Waals surface area contributed by atoms with E-state index < -0.39 is 11.5 Å². The van der Waals surface area contributed by atoms with Gasteiger partial charge in [0.15, 0.2) is 0 Å². The number of rotatable bonds is 5. The van der Waals surface area contributed by atoms with E-state index in [1.54, 1.807) is 19.1 Å². The van der Waals surface area contributed by atoms with Crippen molar-refractivity contribution in [3.63, 3.8) is 0 Å². The Kier molecular flexibility index (Phi) is 4.93. The standard InChI is InChI=1S/C16H23NO3/c1-10(2)9-16(5,15(19)20)17-14(18)13-7-11(3)6-12(4)8-13/h6-8,10H,9H2,1-5H3,(H,17,18)(H,19,20)/t16-/m1/s1.